The van der Waals surface area contributed by atoms with Gasteiger partial charge in [-0.3, -0.25) is 4.98 Å². The van der Waals surface area contributed by atoms with E-state index in [1.807, 2.05) is 20.9 Å². The van der Waals surface area contributed by atoms with Crippen molar-refractivity contribution in [3.05, 3.63) is 12.4 Å². The monoisotopic (exact) mass is 315 g/mol. The van der Waals surface area contributed by atoms with Crippen molar-refractivity contribution in [3.63, 3.8) is 0 Å². The standard InChI is InChI=1S/C13H22BrN3O/c1-11(2)18-13-10-15-9-12(16-13)17(3)8-6-4-5-7-14/h9-11H,4-8H2,1-3H3. The van der Waals surface area contributed by atoms with Gasteiger partial charge in [0, 0.05) is 18.9 Å². The van der Waals surface area contributed by atoms with Crippen molar-refractivity contribution in [1.29, 1.82) is 0 Å². The molecular formula is C13H22BrN3O. The Kier molecular flexibility index (Phi) is 7.01. The second-order valence-electron chi connectivity index (χ2n) is 4.55. The van der Waals surface area contributed by atoms with Crippen molar-refractivity contribution >= 4 is 21.7 Å². The molecule has 1 aromatic rings. The van der Waals surface area contributed by atoms with Crippen LogP contribution in [0.2, 0.25) is 0 Å². The molecule has 0 aliphatic heterocycles. The highest BCUT2D eigenvalue weighted by Crippen LogP contribution is 2.14. The lowest BCUT2D eigenvalue weighted by Crippen LogP contribution is -2.20. The number of anilines is 1. The number of halogens is 1. The largest absolute Gasteiger partial charge is 0.474 e. The van der Waals surface area contributed by atoms with E-state index in [9.17, 15) is 0 Å². The number of rotatable bonds is 8. The molecule has 0 aromatic carbocycles. The van der Waals surface area contributed by atoms with E-state index < -0.39 is 0 Å². The molecule has 0 saturated carbocycles. The summed E-state index contributed by atoms with van der Waals surface area (Å²) in [6.45, 7) is 4.96. The van der Waals surface area contributed by atoms with E-state index in [-0.39, 0.29) is 6.10 Å². The molecule has 0 atom stereocenters. The number of hydrogen-bond acceptors (Lipinski definition) is 4. The van der Waals surface area contributed by atoms with Crippen LogP contribution >= 0.6 is 15.9 Å². The smallest absolute Gasteiger partial charge is 0.234 e. The fraction of sp³-hybridized carbons (Fsp3) is 0.692. The third-order valence-electron chi connectivity index (χ3n) is 2.47. The predicted molar refractivity (Wildman–Crippen MR) is 78.7 cm³/mol. The summed E-state index contributed by atoms with van der Waals surface area (Å²) in [5.41, 5.74) is 0. The molecule has 1 aromatic heterocycles. The fourth-order valence-corrected chi connectivity index (χ4v) is 1.95. The summed E-state index contributed by atoms with van der Waals surface area (Å²) >= 11 is 3.44. The molecular weight excluding hydrogens is 294 g/mol. The Morgan fingerprint density at radius 2 is 2.06 bits per heavy atom. The van der Waals surface area contributed by atoms with Gasteiger partial charge in [0.2, 0.25) is 5.88 Å². The van der Waals surface area contributed by atoms with E-state index in [0.717, 1.165) is 17.7 Å². The number of unbranched alkanes of at least 4 members (excludes halogenated alkanes) is 2. The van der Waals surface area contributed by atoms with Crippen molar-refractivity contribution in [2.24, 2.45) is 0 Å². The van der Waals surface area contributed by atoms with Crippen molar-refractivity contribution in [2.45, 2.75) is 39.2 Å². The molecule has 0 radical (unpaired) electrons. The van der Waals surface area contributed by atoms with Crippen LogP contribution in [0.15, 0.2) is 12.4 Å². The minimum absolute atomic E-state index is 0.124. The lowest BCUT2D eigenvalue weighted by atomic mass is 10.2. The Bertz CT molecular complexity index is 347. The van der Waals surface area contributed by atoms with Crippen LogP contribution in [-0.4, -0.2) is 35.0 Å². The van der Waals surface area contributed by atoms with Gasteiger partial charge in [0.15, 0.2) is 5.82 Å². The van der Waals surface area contributed by atoms with Gasteiger partial charge in [-0.2, -0.15) is 4.98 Å². The number of aromatic nitrogens is 2. The first-order chi connectivity index (χ1) is 8.63. The molecule has 0 aliphatic rings. The first kappa shape index (κ1) is 15.2. The summed E-state index contributed by atoms with van der Waals surface area (Å²) in [5, 5.41) is 1.08. The Labute approximate surface area is 118 Å². The lowest BCUT2D eigenvalue weighted by molar-refractivity contribution is 0.231. The van der Waals surface area contributed by atoms with E-state index >= 15 is 0 Å². The minimum atomic E-state index is 0.124. The summed E-state index contributed by atoms with van der Waals surface area (Å²) < 4.78 is 5.54. The Balaban J connectivity index is 2.48. The highest BCUT2D eigenvalue weighted by Gasteiger charge is 2.06. The number of alkyl halides is 1. The molecule has 5 heteroatoms. The SMILES string of the molecule is CC(C)Oc1cncc(N(C)CCCCCBr)n1. The van der Waals surface area contributed by atoms with E-state index in [0.29, 0.717) is 5.88 Å². The maximum atomic E-state index is 5.54. The fourth-order valence-electron chi connectivity index (χ4n) is 1.56. The molecule has 4 nitrogen and oxygen atoms in total. The van der Waals surface area contributed by atoms with E-state index in [2.05, 4.69) is 30.8 Å². The highest BCUT2D eigenvalue weighted by molar-refractivity contribution is 9.09. The lowest BCUT2D eigenvalue weighted by Gasteiger charge is -2.18. The molecule has 0 saturated heterocycles. The topological polar surface area (TPSA) is 38.2 Å². The van der Waals surface area contributed by atoms with E-state index in [1.165, 1.54) is 19.3 Å². The zero-order chi connectivity index (χ0) is 13.4. The highest BCUT2D eigenvalue weighted by atomic mass is 79.9. The van der Waals surface area contributed by atoms with Crippen LogP contribution < -0.4 is 9.64 Å². The summed E-state index contributed by atoms with van der Waals surface area (Å²) in [6.07, 6.45) is 7.17. The third-order valence-corrected chi connectivity index (χ3v) is 3.04. The van der Waals surface area contributed by atoms with Crippen LogP contribution in [-0.2, 0) is 0 Å². The van der Waals surface area contributed by atoms with Gasteiger partial charge in [-0.05, 0) is 26.7 Å². The Morgan fingerprint density at radius 1 is 1.28 bits per heavy atom. The zero-order valence-corrected chi connectivity index (χ0v) is 13.0. The van der Waals surface area contributed by atoms with Crippen LogP contribution in [0.3, 0.4) is 0 Å². The molecule has 0 bridgehead atoms. The molecule has 0 N–H and O–H groups in total. The molecule has 18 heavy (non-hydrogen) atoms. The van der Waals surface area contributed by atoms with Crippen molar-refractivity contribution in [1.82, 2.24) is 9.97 Å². The molecule has 0 spiro atoms. The van der Waals surface area contributed by atoms with Crippen LogP contribution in [0.4, 0.5) is 5.82 Å². The van der Waals surface area contributed by atoms with Gasteiger partial charge in [0.1, 0.15) is 0 Å². The molecule has 0 unspecified atom stereocenters. The Morgan fingerprint density at radius 3 is 2.72 bits per heavy atom. The van der Waals surface area contributed by atoms with Crippen molar-refractivity contribution in [2.75, 3.05) is 23.8 Å². The summed E-state index contributed by atoms with van der Waals surface area (Å²) in [7, 11) is 2.04. The van der Waals surface area contributed by atoms with Gasteiger partial charge in [-0.25, -0.2) is 0 Å². The van der Waals surface area contributed by atoms with Gasteiger partial charge in [0.25, 0.3) is 0 Å². The minimum Gasteiger partial charge on any atom is -0.474 e. The summed E-state index contributed by atoms with van der Waals surface area (Å²) in [5.74, 6) is 1.46. The van der Waals surface area contributed by atoms with Gasteiger partial charge < -0.3 is 9.64 Å². The van der Waals surface area contributed by atoms with Gasteiger partial charge in [-0.1, -0.05) is 22.4 Å². The number of ether oxygens (including phenoxy) is 1. The van der Waals surface area contributed by atoms with Gasteiger partial charge in [0.05, 0.1) is 18.5 Å². The van der Waals surface area contributed by atoms with Crippen molar-refractivity contribution in [3.8, 4) is 5.88 Å². The predicted octanol–water partition coefficient (Wildman–Crippen LogP) is 3.27. The summed E-state index contributed by atoms with van der Waals surface area (Å²) in [6, 6.07) is 0. The van der Waals surface area contributed by atoms with Gasteiger partial charge >= 0.3 is 0 Å². The van der Waals surface area contributed by atoms with Crippen LogP contribution in [0.25, 0.3) is 0 Å². The maximum Gasteiger partial charge on any atom is 0.234 e. The van der Waals surface area contributed by atoms with Crippen molar-refractivity contribution < 1.29 is 4.74 Å². The zero-order valence-electron chi connectivity index (χ0n) is 11.4. The Hall–Kier alpha value is -0.840. The molecule has 0 aliphatic carbocycles. The number of hydrogen-bond donors (Lipinski definition) is 0. The second kappa shape index (κ2) is 8.29. The quantitative estimate of drug-likeness (QED) is 0.545. The molecule has 1 heterocycles. The molecule has 102 valence electrons. The third kappa shape index (κ3) is 5.67. The van der Waals surface area contributed by atoms with E-state index in [1.54, 1.807) is 12.4 Å². The average Bonchev–Trinajstić information content (AvgIpc) is 2.34. The second-order valence-corrected chi connectivity index (χ2v) is 5.35. The van der Waals surface area contributed by atoms with Crippen LogP contribution in [0, 0.1) is 0 Å². The van der Waals surface area contributed by atoms with Crippen LogP contribution in [0.5, 0.6) is 5.88 Å². The molecule has 1 rings (SSSR count). The van der Waals surface area contributed by atoms with E-state index in [4.69, 9.17) is 4.74 Å². The summed E-state index contributed by atoms with van der Waals surface area (Å²) in [4.78, 5) is 10.7. The van der Waals surface area contributed by atoms with Crippen LogP contribution in [0.1, 0.15) is 33.1 Å². The first-order valence-corrected chi connectivity index (χ1v) is 7.51. The average molecular weight is 316 g/mol. The van der Waals surface area contributed by atoms with Gasteiger partial charge in [-0.15, -0.1) is 0 Å². The normalized spacial score (nSPS) is 10.7. The number of nitrogens with zero attached hydrogens (tertiary/aromatic N) is 3. The maximum absolute atomic E-state index is 5.54. The molecule has 0 fully saturated rings. The molecule has 0 amide bonds. The first-order valence-electron chi connectivity index (χ1n) is 6.39.